The molecule has 1 aromatic heterocycles. The van der Waals surface area contributed by atoms with E-state index in [1.54, 1.807) is 25.6 Å². The van der Waals surface area contributed by atoms with Crippen molar-refractivity contribution in [3.05, 3.63) is 35.7 Å². The molecule has 1 heterocycles. The smallest absolute Gasteiger partial charge is 0.174 e. The molecule has 0 atom stereocenters. The van der Waals surface area contributed by atoms with Crippen LogP contribution in [0, 0.1) is 6.92 Å². The molecule has 0 bridgehead atoms. The summed E-state index contributed by atoms with van der Waals surface area (Å²) >= 11 is 3.00. The van der Waals surface area contributed by atoms with Crippen LogP contribution in [0.5, 0.6) is 0 Å². The van der Waals surface area contributed by atoms with Crippen molar-refractivity contribution in [3.8, 4) is 0 Å². The van der Waals surface area contributed by atoms with Crippen LogP contribution in [-0.2, 0) is 11.2 Å². The molecule has 4 nitrogen and oxygen atoms in total. The molecular weight excluding hydrogens is 292 g/mol. The number of benzene rings is 1. The zero-order chi connectivity index (χ0) is 14.6. The fourth-order valence-corrected chi connectivity index (χ4v) is 3.12. The summed E-state index contributed by atoms with van der Waals surface area (Å²) in [5, 5.41) is 9.45. The van der Waals surface area contributed by atoms with Crippen molar-refractivity contribution in [1.29, 1.82) is 0 Å². The predicted molar refractivity (Wildman–Crippen MR) is 81.2 cm³/mol. The summed E-state index contributed by atoms with van der Waals surface area (Å²) in [5.74, 6) is -0.343. The molecule has 0 unspecified atom stereocenters. The van der Waals surface area contributed by atoms with E-state index < -0.39 is 5.79 Å². The lowest BCUT2D eigenvalue weighted by Gasteiger charge is -2.17. The van der Waals surface area contributed by atoms with Gasteiger partial charge in [-0.2, -0.15) is 4.37 Å². The van der Waals surface area contributed by atoms with Gasteiger partial charge in [0, 0.05) is 11.3 Å². The normalized spacial score (nSPS) is 11.8. The molecule has 6 heteroatoms. The first-order chi connectivity index (χ1) is 9.42. The molecule has 0 aliphatic rings. The highest BCUT2D eigenvalue weighted by Crippen LogP contribution is 2.29. The number of aliphatic hydroxyl groups is 1. The van der Waals surface area contributed by atoms with Gasteiger partial charge >= 0.3 is 0 Å². The Hall–Kier alpha value is -0.950. The van der Waals surface area contributed by atoms with Crippen molar-refractivity contribution in [1.82, 2.24) is 9.36 Å². The minimum absolute atomic E-state index is 0.412. The van der Waals surface area contributed by atoms with Crippen LogP contribution in [0.3, 0.4) is 0 Å². The molecule has 0 amide bonds. The number of rotatable bonds is 6. The molecule has 108 valence electrons. The number of hydrogen-bond donors (Lipinski definition) is 1. The summed E-state index contributed by atoms with van der Waals surface area (Å²) in [4.78, 5) is 5.61. The minimum atomic E-state index is -1.10. The van der Waals surface area contributed by atoms with E-state index in [2.05, 4.69) is 40.5 Å². The molecule has 0 aliphatic carbocycles. The molecule has 2 aromatic rings. The molecule has 0 saturated carbocycles. The van der Waals surface area contributed by atoms with Gasteiger partial charge in [-0.05, 0) is 44.4 Å². The van der Waals surface area contributed by atoms with E-state index in [4.69, 9.17) is 4.74 Å². The van der Waals surface area contributed by atoms with Crippen molar-refractivity contribution < 1.29 is 9.84 Å². The van der Waals surface area contributed by atoms with Gasteiger partial charge in [0.05, 0.1) is 6.61 Å². The number of ether oxygens (including phenoxy) is 1. The van der Waals surface area contributed by atoms with E-state index in [-0.39, 0.29) is 0 Å². The molecule has 1 N–H and O–H groups in total. The first-order valence-corrected chi connectivity index (χ1v) is 7.95. The second-order valence-corrected chi connectivity index (χ2v) is 7.01. The van der Waals surface area contributed by atoms with Crippen molar-refractivity contribution in [2.75, 3.05) is 6.61 Å². The van der Waals surface area contributed by atoms with E-state index in [1.165, 1.54) is 17.1 Å². The largest absolute Gasteiger partial charge is 0.366 e. The lowest BCUT2D eigenvalue weighted by molar-refractivity contribution is -0.175. The third-order valence-corrected chi connectivity index (χ3v) is 4.25. The Labute approximate surface area is 127 Å². The molecule has 1 aromatic carbocycles. The average molecular weight is 310 g/mol. The molecule has 0 fully saturated rings. The lowest BCUT2D eigenvalue weighted by atomic mass is 10.2. The van der Waals surface area contributed by atoms with E-state index in [0.717, 1.165) is 15.1 Å². The third-order valence-electron chi connectivity index (χ3n) is 2.46. The van der Waals surface area contributed by atoms with Gasteiger partial charge in [0.1, 0.15) is 5.82 Å². The maximum Gasteiger partial charge on any atom is 0.174 e. The first kappa shape index (κ1) is 15.4. The van der Waals surface area contributed by atoms with Crippen LogP contribution in [0.15, 0.2) is 33.5 Å². The van der Waals surface area contributed by atoms with Gasteiger partial charge < -0.3 is 9.84 Å². The number of aryl methyl sites for hydroxylation is 1. The van der Waals surface area contributed by atoms with Crippen molar-refractivity contribution in [2.45, 2.75) is 42.2 Å². The Bertz CT molecular complexity index is 547. The average Bonchev–Trinajstić information content (AvgIpc) is 2.78. The second kappa shape index (κ2) is 6.67. The van der Waals surface area contributed by atoms with Crippen LogP contribution in [0.4, 0.5) is 0 Å². The lowest BCUT2D eigenvalue weighted by Crippen LogP contribution is -2.24. The van der Waals surface area contributed by atoms with Crippen LogP contribution in [0.1, 0.15) is 25.2 Å². The summed E-state index contributed by atoms with van der Waals surface area (Å²) in [6.07, 6.45) is 0.606. The van der Waals surface area contributed by atoms with E-state index >= 15 is 0 Å². The fourth-order valence-electron chi connectivity index (χ4n) is 1.48. The number of hydrogen-bond acceptors (Lipinski definition) is 6. The Morgan fingerprint density at radius 3 is 2.65 bits per heavy atom. The number of nitrogens with zero attached hydrogens (tertiary/aromatic N) is 2. The molecule has 2 rings (SSSR count). The van der Waals surface area contributed by atoms with Gasteiger partial charge in [0.15, 0.2) is 10.1 Å². The Balaban J connectivity index is 1.87. The highest BCUT2D eigenvalue weighted by atomic mass is 32.2. The standard InChI is InChI=1S/C14H18N2O2S2/c1-10-4-6-11(7-5-10)19-13-15-12(16-20-13)8-9-18-14(2,3)17/h4-7,17H,8-9H2,1-3H3. The van der Waals surface area contributed by atoms with Crippen LogP contribution in [0.25, 0.3) is 0 Å². The SMILES string of the molecule is Cc1ccc(Sc2nc(CCOC(C)(C)O)ns2)cc1. The summed E-state index contributed by atoms with van der Waals surface area (Å²) < 4.78 is 10.5. The van der Waals surface area contributed by atoms with Gasteiger partial charge in [-0.25, -0.2) is 4.98 Å². The van der Waals surface area contributed by atoms with Crippen LogP contribution in [0.2, 0.25) is 0 Å². The Morgan fingerprint density at radius 2 is 2.00 bits per heavy atom. The first-order valence-electron chi connectivity index (χ1n) is 6.36. The van der Waals surface area contributed by atoms with Crippen LogP contribution in [-0.4, -0.2) is 26.9 Å². The quantitative estimate of drug-likeness (QED) is 0.830. The molecule has 0 radical (unpaired) electrons. The van der Waals surface area contributed by atoms with Gasteiger partial charge in [-0.1, -0.05) is 29.5 Å². The van der Waals surface area contributed by atoms with Crippen LogP contribution < -0.4 is 0 Å². The molecule has 0 saturated heterocycles. The minimum Gasteiger partial charge on any atom is -0.366 e. The molecule has 0 aliphatic heterocycles. The highest BCUT2D eigenvalue weighted by Gasteiger charge is 2.13. The zero-order valence-electron chi connectivity index (χ0n) is 11.8. The fraction of sp³-hybridized carbons (Fsp3) is 0.429. The van der Waals surface area contributed by atoms with Gasteiger partial charge in [0.2, 0.25) is 0 Å². The predicted octanol–water partition coefficient (Wildman–Crippen LogP) is 3.29. The van der Waals surface area contributed by atoms with E-state index in [0.29, 0.717) is 13.0 Å². The summed E-state index contributed by atoms with van der Waals surface area (Å²) in [6, 6.07) is 8.33. The highest BCUT2D eigenvalue weighted by molar-refractivity contribution is 8.01. The van der Waals surface area contributed by atoms with Gasteiger partial charge in [-0.3, -0.25) is 0 Å². The van der Waals surface area contributed by atoms with Crippen LogP contribution >= 0.6 is 23.3 Å². The monoisotopic (exact) mass is 310 g/mol. The second-order valence-electron chi connectivity index (χ2n) is 4.94. The Morgan fingerprint density at radius 1 is 1.30 bits per heavy atom. The number of aromatic nitrogens is 2. The van der Waals surface area contributed by atoms with Gasteiger partial charge in [0.25, 0.3) is 0 Å². The zero-order valence-corrected chi connectivity index (χ0v) is 13.4. The summed E-state index contributed by atoms with van der Waals surface area (Å²) in [7, 11) is 0. The Kier molecular flexibility index (Phi) is 5.15. The maximum atomic E-state index is 9.45. The van der Waals surface area contributed by atoms with Crippen molar-refractivity contribution in [3.63, 3.8) is 0 Å². The van der Waals surface area contributed by atoms with Crippen molar-refractivity contribution in [2.24, 2.45) is 0 Å². The summed E-state index contributed by atoms with van der Waals surface area (Å²) in [6.45, 7) is 5.70. The molecule has 20 heavy (non-hydrogen) atoms. The van der Waals surface area contributed by atoms with Crippen molar-refractivity contribution >= 4 is 23.3 Å². The maximum absolute atomic E-state index is 9.45. The van der Waals surface area contributed by atoms with E-state index in [9.17, 15) is 5.11 Å². The summed E-state index contributed by atoms with van der Waals surface area (Å²) in [5.41, 5.74) is 1.25. The molecule has 0 spiro atoms. The van der Waals surface area contributed by atoms with Gasteiger partial charge in [-0.15, -0.1) is 0 Å². The topological polar surface area (TPSA) is 55.2 Å². The van der Waals surface area contributed by atoms with E-state index in [1.807, 2.05) is 0 Å². The molecular formula is C14H18N2O2S2. The third kappa shape index (κ3) is 5.20.